The van der Waals surface area contributed by atoms with E-state index in [1.54, 1.807) is 0 Å². The first-order valence-corrected chi connectivity index (χ1v) is 8.21. The lowest BCUT2D eigenvalue weighted by Gasteiger charge is -2.31. The van der Waals surface area contributed by atoms with Gasteiger partial charge in [-0.1, -0.05) is 22.9 Å². The number of halogens is 1. The summed E-state index contributed by atoms with van der Waals surface area (Å²) in [5.41, 5.74) is 6.73. The molecule has 6 heteroatoms. The van der Waals surface area contributed by atoms with Crippen LogP contribution in [0.1, 0.15) is 19.8 Å². The van der Waals surface area contributed by atoms with Gasteiger partial charge in [0.05, 0.1) is 0 Å². The van der Waals surface area contributed by atoms with Gasteiger partial charge in [0, 0.05) is 17.6 Å². The highest BCUT2D eigenvalue weighted by molar-refractivity contribution is 9.10. The normalized spacial score (nSPS) is 15.8. The van der Waals surface area contributed by atoms with Gasteiger partial charge in [-0.05, 0) is 43.0 Å². The van der Waals surface area contributed by atoms with Crippen molar-refractivity contribution in [2.75, 3.05) is 23.7 Å². The van der Waals surface area contributed by atoms with E-state index in [4.69, 9.17) is 10.5 Å². The van der Waals surface area contributed by atoms with E-state index < -0.39 is 0 Å². The number of nitrogens with two attached hydrogens (primary N) is 1. The molecule has 1 aromatic carbocycles. The minimum absolute atomic E-state index is 0.408. The molecule has 1 saturated heterocycles. The standard InChI is InChI=1S/C16H19BrN4O/c1-11-6-8-21(9-7-11)15-14(18)16(20-10-19-15)22-13-4-2-12(17)3-5-13/h2-5,10-11H,6-9,18H2,1H3. The van der Waals surface area contributed by atoms with Crippen LogP contribution in [0.3, 0.4) is 0 Å². The number of rotatable bonds is 3. The van der Waals surface area contributed by atoms with E-state index in [0.717, 1.165) is 42.1 Å². The van der Waals surface area contributed by atoms with Crippen LogP contribution >= 0.6 is 15.9 Å². The highest BCUT2D eigenvalue weighted by Crippen LogP contribution is 2.33. The van der Waals surface area contributed by atoms with Crippen molar-refractivity contribution in [1.82, 2.24) is 9.97 Å². The van der Waals surface area contributed by atoms with Gasteiger partial charge in [-0.2, -0.15) is 4.98 Å². The van der Waals surface area contributed by atoms with Crippen molar-refractivity contribution in [3.8, 4) is 11.6 Å². The van der Waals surface area contributed by atoms with E-state index in [1.165, 1.54) is 6.33 Å². The Morgan fingerprint density at radius 3 is 2.55 bits per heavy atom. The molecule has 2 N–H and O–H groups in total. The molecular formula is C16H19BrN4O. The molecule has 0 spiro atoms. The maximum atomic E-state index is 6.23. The van der Waals surface area contributed by atoms with Crippen LogP contribution in [0.25, 0.3) is 0 Å². The van der Waals surface area contributed by atoms with Crippen LogP contribution in [0.2, 0.25) is 0 Å². The molecule has 2 aromatic rings. The van der Waals surface area contributed by atoms with Crippen molar-refractivity contribution >= 4 is 27.4 Å². The third kappa shape index (κ3) is 3.32. The molecule has 0 atom stereocenters. The second kappa shape index (κ2) is 6.52. The molecule has 22 heavy (non-hydrogen) atoms. The minimum Gasteiger partial charge on any atom is -0.437 e. The highest BCUT2D eigenvalue weighted by atomic mass is 79.9. The quantitative estimate of drug-likeness (QED) is 0.898. The molecule has 0 aliphatic carbocycles. The molecule has 1 aromatic heterocycles. The molecule has 0 unspecified atom stereocenters. The van der Waals surface area contributed by atoms with Crippen LogP contribution in [0, 0.1) is 5.92 Å². The molecule has 1 aliphatic heterocycles. The van der Waals surface area contributed by atoms with E-state index in [-0.39, 0.29) is 0 Å². The van der Waals surface area contributed by atoms with Gasteiger partial charge in [0.2, 0.25) is 5.88 Å². The van der Waals surface area contributed by atoms with Gasteiger partial charge in [-0.25, -0.2) is 4.98 Å². The molecule has 5 nitrogen and oxygen atoms in total. The number of anilines is 2. The average Bonchev–Trinajstić information content (AvgIpc) is 2.53. The summed E-state index contributed by atoms with van der Waals surface area (Å²) in [7, 11) is 0. The molecule has 116 valence electrons. The zero-order valence-electron chi connectivity index (χ0n) is 12.5. The number of nitrogens with zero attached hydrogens (tertiary/aromatic N) is 3. The van der Waals surface area contributed by atoms with Crippen molar-refractivity contribution in [1.29, 1.82) is 0 Å². The maximum absolute atomic E-state index is 6.23. The van der Waals surface area contributed by atoms with Crippen LogP contribution in [-0.2, 0) is 0 Å². The predicted octanol–water partition coefficient (Wildman–Crippen LogP) is 3.85. The average molecular weight is 363 g/mol. The van der Waals surface area contributed by atoms with Crippen LogP contribution < -0.4 is 15.4 Å². The SMILES string of the molecule is CC1CCN(c2ncnc(Oc3ccc(Br)cc3)c2N)CC1. The Bertz CT molecular complexity index is 639. The van der Waals surface area contributed by atoms with E-state index in [9.17, 15) is 0 Å². The molecule has 0 saturated carbocycles. The summed E-state index contributed by atoms with van der Waals surface area (Å²) in [5.74, 6) is 2.64. The van der Waals surface area contributed by atoms with E-state index in [2.05, 4.69) is 37.7 Å². The van der Waals surface area contributed by atoms with Crippen molar-refractivity contribution < 1.29 is 4.74 Å². The second-order valence-corrected chi connectivity index (χ2v) is 6.56. The van der Waals surface area contributed by atoms with Crippen LogP contribution in [0.5, 0.6) is 11.6 Å². The Morgan fingerprint density at radius 1 is 1.18 bits per heavy atom. The summed E-state index contributed by atoms with van der Waals surface area (Å²) in [5, 5.41) is 0. The van der Waals surface area contributed by atoms with Crippen molar-refractivity contribution in [2.45, 2.75) is 19.8 Å². The lowest BCUT2D eigenvalue weighted by atomic mass is 9.99. The highest BCUT2D eigenvalue weighted by Gasteiger charge is 2.21. The number of hydrogen-bond donors (Lipinski definition) is 1. The molecule has 3 rings (SSSR count). The summed E-state index contributed by atoms with van der Waals surface area (Å²) < 4.78 is 6.79. The van der Waals surface area contributed by atoms with Crippen LogP contribution in [-0.4, -0.2) is 23.1 Å². The first kappa shape index (κ1) is 15.1. The van der Waals surface area contributed by atoms with Gasteiger partial charge in [0.25, 0.3) is 0 Å². The second-order valence-electron chi connectivity index (χ2n) is 5.64. The van der Waals surface area contributed by atoms with Gasteiger partial charge < -0.3 is 15.4 Å². The summed E-state index contributed by atoms with van der Waals surface area (Å²) in [6.45, 7) is 4.23. The molecule has 1 aliphatic rings. The maximum Gasteiger partial charge on any atom is 0.248 e. The number of nitrogen functional groups attached to an aromatic ring is 1. The summed E-state index contributed by atoms with van der Waals surface area (Å²) in [6, 6.07) is 7.57. The van der Waals surface area contributed by atoms with Crippen LogP contribution in [0.4, 0.5) is 11.5 Å². The Hall–Kier alpha value is -1.82. The molecule has 1 fully saturated rings. The van der Waals surface area contributed by atoms with Crippen molar-refractivity contribution in [3.63, 3.8) is 0 Å². The zero-order valence-corrected chi connectivity index (χ0v) is 14.1. The first-order chi connectivity index (χ1) is 10.6. The Morgan fingerprint density at radius 2 is 1.86 bits per heavy atom. The fourth-order valence-corrected chi connectivity index (χ4v) is 2.80. The molecule has 0 radical (unpaired) electrons. The molecule has 0 amide bonds. The molecule has 2 heterocycles. The largest absolute Gasteiger partial charge is 0.437 e. The smallest absolute Gasteiger partial charge is 0.248 e. The Balaban J connectivity index is 1.81. The monoisotopic (exact) mass is 362 g/mol. The van der Waals surface area contributed by atoms with Gasteiger partial charge in [0.1, 0.15) is 17.8 Å². The fourth-order valence-electron chi connectivity index (χ4n) is 2.54. The minimum atomic E-state index is 0.408. The summed E-state index contributed by atoms with van der Waals surface area (Å²) in [6.07, 6.45) is 3.83. The summed E-state index contributed by atoms with van der Waals surface area (Å²) in [4.78, 5) is 10.7. The van der Waals surface area contributed by atoms with Crippen molar-refractivity contribution in [2.24, 2.45) is 5.92 Å². The molecule has 0 bridgehead atoms. The number of piperidine rings is 1. The Kier molecular flexibility index (Phi) is 4.47. The number of hydrogen-bond acceptors (Lipinski definition) is 5. The first-order valence-electron chi connectivity index (χ1n) is 7.42. The van der Waals surface area contributed by atoms with Gasteiger partial charge in [0.15, 0.2) is 5.82 Å². The van der Waals surface area contributed by atoms with Gasteiger partial charge >= 0.3 is 0 Å². The van der Waals surface area contributed by atoms with Gasteiger partial charge in [-0.3, -0.25) is 0 Å². The number of benzene rings is 1. The fraction of sp³-hybridized carbons (Fsp3) is 0.375. The van der Waals surface area contributed by atoms with Crippen LogP contribution in [0.15, 0.2) is 35.1 Å². The predicted molar refractivity (Wildman–Crippen MR) is 91.3 cm³/mol. The zero-order chi connectivity index (χ0) is 15.5. The third-order valence-corrected chi connectivity index (χ3v) is 4.47. The lowest BCUT2D eigenvalue weighted by molar-refractivity contribution is 0.434. The molecular weight excluding hydrogens is 344 g/mol. The van der Waals surface area contributed by atoms with Crippen molar-refractivity contribution in [3.05, 3.63) is 35.1 Å². The topological polar surface area (TPSA) is 64.3 Å². The van der Waals surface area contributed by atoms with E-state index in [1.807, 2.05) is 24.3 Å². The number of aromatic nitrogens is 2. The number of ether oxygens (including phenoxy) is 1. The van der Waals surface area contributed by atoms with Gasteiger partial charge in [-0.15, -0.1) is 0 Å². The third-order valence-electron chi connectivity index (χ3n) is 3.94. The lowest BCUT2D eigenvalue weighted by Crippen LogP contribution is -2.34. The van der Waals surface area contributed by atoms with E-state index >= 15 is 0 Å². The van der Waals surface area contributed by atoms with E-state index in [0.29, 0.717) is 17.3 Å². The Labute approximate surface area is 138 Å². The summed E-state index contributed by atoms with van der Waals surface area (Å²) >= 11 is 3.40.